The van der Waals surface area contributed by atoms with E-state index in [-0.39, 0.29) is 5.24 Å². The normalized spacial score (nSPS) is 10.4. The molecule has 3 nitrogen and oxygen atoms in total. The Balaban J connectivity index is 2.19. The first kappa shape index (κ1) is 16.9. The molecule has 1 amide bonds. The quantitative estimate of drug-likeness (QED) is 0.757. The van der Waals surface area contributed by atoms with Crippen molar-refractivity contribution in [2.45, 2.75) is 20.5 Å². The van der Waals surface area contributed by atoms with Gasteiger partial charge < -0.3 is 10.1 Å². The van der Waals surface area contributed by atoms with Crippen LogP contribution in [0.2, 0.25) is 0 Å². The molecule has 0 fully saturated rings. The lowest BCUT2D eigenvalue weighted by atomic mass is 10.1. The van der Waals surface area contributed by atoms with Gasteiger partial charge in [0, 0.05) is 15.7 Å². The van der Waals surface area contributed by atoms with Crippen LogP contribution in [-0.4, -0.2) is 11.5 Å². The Hall–Kier alpha value is -1.46. The molecule has 0 saturated heterocycles. The van der Waals surface area contributed by atoms with E-state index in [2.05, 4.69) is 34.2 Å². The van der Waals surface area contributed by atoms with Gasteiger partial charge in [-0.2, -0.15) is 0 Å². The van der Waals surface area contributed by atoms with Gasteiger partial charge in [0.1, 0.15) is 12.4 Å². The third-order valence-corrected chi connectivity index (χ3v) is 4.46. The lowest BCUT2D eigenvalue weighted by molar-refractivity contribution is 0.269. The molecule has 0 radical (unpaired) electrons. The van der Waals surface area contributed by atoms with Gasteiger partial charge >= 0.3 is 0 Å². The fourth-order valence-corrected chi connectivity index (χ4v) is 2.79. The largest absolute Gasteiger partial charge is 0.489 e. The van der Waals surface area contributed by atoms with Crippen LogP contribution in [0.15, 0.2) is 40.9 Å². The summed E-state index contributed by atoms with van der Waals surface area (Å²) in [6, 6.07) is 11.8. The minimum absolute atomic E-state index is 0.0918. The van der Waals surface area contributed by atoms with E-state index >= 15 is 0 Å². The van der Waals surface area contributed by atoms with Crippen molar-refractivity contribution in [2.24, 2.45) is 0 Å². The van der Waals surface area contributed by atoms with E-state index in [1.165, 1.54) is 5.56 Å². The van der Waals surface area contributed by atoms with Crippen LogP contribution in [0, 0.1) is 13.8 Å². The van der Waals surface area contributed by atoms with Crippen LogP contribution in [-0.2, 0) is 6.61 Å². The van der Waals surface area contributed by atoms with Gasteiger partial charge in [-0.15, -0.1) is 0 Å². The summed E-state index contributed by atoms with van der Waals surface area (Å²) in [5.41, 5.74) is 3.99. The van der Waals surface area contributed by atoms with Crippen LogP contribution in [0.25, 0.3) is 0 Å². The Morgan fingerprint density at radius 2 is 2.05 bits per heavy atom. The first-order chi connectivity index (χ1) is 10.5. The van der Waals surface area contributed by atoms with E-state index in [0.717, 1.165) is 38.8 Å². The van der Waals surface area contributed by atoms with Crippen LogP contribution in [0.1, 0.15) is 16.7 Å². The van der Waals surface area contributed by atoms with Crippen molar-refractivity contribution >= 4 is 38.6 Å². The lowest BCUT2D eigenvalue weighted by Gasteiger charge is -2.15. The highest BCUT2D eigenvalue weighted by molar-refractivity contribution is 9.10. The summed E-state index contributed by atoms with van der Waals surface area (Å²) in [5, 5.41) is 2.78. The van der Waals surface area contributed by atoms with Crippen LogP contribution in [0.5, 0.6) is 5.75 Å². The van der Waals surface area contributed by atoms with Crippen molar-refractivity contribution in [3.8, 4) is 5.75 Å². The average molecular weight is 380 g/mol. The van der Waals surface area contributed by atoms with Crippen LogP contribution in [0.3, 0.4) is 0 Å². The Morgan fingerprint density at radius 3 is 2.73 bits per heavy atom. The Kier molecular flexibility index (Phi) is 5.91. The predicted octanol–water partition coefficient (Wildman–Crippen LogP) is 5.54. The lowest BCUT2D eigenvalue weighted by Crippen LogP contribution is -2.09. The van der Waals surface area contributed by atoms with Gasteiger partial charge in [-0.3, -0.25) is 4.79 Å². The molecule has 2 aromatic rings. The van der Waals surface area contributed by atoms with Crippen LogP contribution in [0.4, 0.5) is 10.5 Å². The number of hydrogen-bond acceptors (Lipinski definition) is 3. The third kappa shape index (κ3) is 4.27. The third-order valence-electron chi connectivity index (χ3n) is 3.24. The van der Waals surface area contributed by atoms with E-state index in [1.807, 2.05) is 37.3 Å². The van der Waals surface area contributed by atoms with Gasteiger partial charge in [0.25, 0.3) is 5.24 Å². The van der Waals surface area contributed by atoms with Crippen molar-refractivity contribution in [2.75, 3.05) is 11.6 Å². The van der Waals surface area contributed by atoms with Crippen molar-refractivity contribution < 1.29 is 9.53 Å². The number of rotatable bonds is 4. The molecule has 0 bridgehead atoms. The molecule has 1 N–H and O–H groups in total. The van der Waals surface area contributed by atoms with Crippen molar-refractivity contribution in [1.82, 2.24) is 0 Å². The summed E-state index contributed by atoms with van der Waals surface area (Å²) in [7, 11) is 0. The van der Waals surface area contributed by atoms with E-state index in [1.54, 1.807) is 6.26 Å². The van der Waals surface area contributed by atoms with Gasteiger partial charge in [-0.1, -0.05) is 51.5 Å². The summed E-state index contributed by atoms with van der Waals surface area (Å²) < 4.78 is 6.84. The first-order valence-electron chi connectivity index (χ1n) is 6.83. The average Bonchev–Trinajstić information content (AvgIpc) is 2.48. The summed E-state index contributed by atoms with van der Waals surface area (Å²) in [4.78, 5) is 11.6. The van der Waals surface area contributed by atoms with Gasteiger partial charge in [-0.05, 0) is 43.9 Å². The fraction of sp³-hybridized carbons (Fsp3) is 0.235. The zero-order valence-electron chi connectivity index (χ0n) is 12.8. The van der Waals surface area contributed by atoms with E-state index in [0.29, 0.717) is 6.61 Å². The number of ether oxygens (including phenoxy) is 1. The second kappa shape index (κ2) is 7.70. The number of carbonyl (C=O) groups is 1. The van der Waals surface area contributed by atoms with Crippen LogP contribution >= 0.6 is 27.7 Å². The van der Waals surface area contributed by atoms with E-state index in [9.17, 15) is 4.79 Å². The standard InChI is InChI=1S/C17H18BrNO2S/c1-11-7-8-16(12(2)9-11)21-10-13-14(18)5-4-6-15(13)19-17(20)22-3/h4-9H,10H2,1-3H3,(H,19,20). The number of carbonyl (C=O) groups excluding carboxylic acids is 1. The molecular formula is C17H18BrNO2S. The molecule has 0 saturated carbocycles. The molecule has 0 aromatic heterocycles. The monoisotopic (exact) mass is 379 g/mol. The highest BCUT2D eigenvalue weighted by Gasteiger charge is 2.11. The van der Waals surface area contributed by atoms with Crippen molar-refractivity contribution in [3.63, 3.8) is 0 Å². The Morgan fingerprint density at radius 1 is 1.27 bits per heavy atom. The highest BCUT2D eigenvalue weighted by atomic mass is 79.9. The van der Waals surface area contributed by atoms with Gasteiger partial charge in [0.2, 0.25) is 0 Å². The molecule has 0 heterocycles. The SMILES string of the molecule is CSC(=O)Nc1cccc(Br)c1COc1ccc(C)cc1C. The number of anilines is 1. The molecule has 2 rings (SSSR count). The minimum Gasteiger partial charge on any atom is -0.489 e. The highest BCUT2D eigenvalue weighted by Crippen LogP contribution is 2.28. The Labute approximate surface area is 143 Å². The number of thioether (sulfide) groups is 1. The number of nitrogens with one attached hydrogen (secondary N) is 1. The molecule has 0 aliphatic heterocycles. The van der Waals surface area contributed by atoms with Crippen molar-refractivity contribution in [3.05, 3.63) is 57.6 Å². The maximum Gasteiger partial charge on any atom is 0.283 e. The molecule has 22 heavy (non-hydrogen) atoms. The summed E-state index contributed by atoms with van der Waals surface area (Å²) >= 11 is 4.67. The number of aryl methyl sites for hydroxylation is 2. The number of benzene rings is 2. The topological polar surface area (TPSA) is 38.3 Å². The predicted molar refractivity (Wildman–Crippen MR) is 96.9 cm³/mol. The van der Waals surface area contributed by atoms with Gasteiger partial charge in [0.05, 0.1) is 0 Å². The zero-order valence-corrected chi connectivity index (χ0v) is 15.2. The Bertz CT molecular complexity index is 688. The maximum absolute atomic E-state index is 11.6. The van der Waals surface area contributed by atoms with Gasteiger partial charge in [0.15, 0.2) is 0 Å². The summed E-state index contributed by atoms with van der Waals surface area (Å²) in [5.74, 6) is 0.850. The summed E-state index contributed by atoms with van der Waals surface area (Å²) in [6.45, 7) is 4.47. The van der Waals surface area contributed by atoms with Crippen LogP contribution < -0.4 is 10.1 Å². The van der Waals surface area contributed by atoms with Gasteiger partial charge in [-0.25, -0.2) is 0 Å². The molecule has 0 unspecified atom stereocenters. The molecule has 5 heteroatoms. The molecule has 0 aliphatic carbocycles. The smallest absolute Gasteiger partial charge is 0.283 e. The summed E-state index contributed by atoms with van der Waals surface area (Å²) in [6.07, 6.45) is 1.75. The minimum atomic E-state index is -0.0918. The fourth-order valence-electron chi connectivity index (χ4n) is 2.09. The number of halogens is 1. The molecule has 116 valence electrons. The number of amides is 1. The number of hydrogen-bond donors (Lipinski definition) is 1. The first-order valence-corrected chi connectivity index (χ1v) is 8.85. The molecule has 0 spiro atoms. The van der Waals surface area contributed by atoms with E-state index in [4.69, 9.17) is 4.74 Å². The zero-order chi connectivity index (χ0) is 16.1. The molecule has 0 atom stereocenters. The van der Waals surface area contributed by atoms with E-state index < -0.39 is 0 Å². The maximum atomic E-state index is 11.6. The second-order valence-corrected chi connectivity index (χ2v) is 6.57. The molecule has 0 aliphatic rings. The van der Waals surface area contributed by atoms with Crippen molar-refractivity contribution in [1.29, 1.82) is 0 Å². The second-order valence-electron chi connectivity index (χ2n) is 4.94. The molecule has 2 aromatic carbocycles. The molecular weight excluding hydrogens is 362 g/mol.